The van der Waals surface area contributed by atoms with Crippen LogP contribution in [0.2, 0.25) is 0 Å². The molecular weight excluding hydrogens is 300 g/mol. The van der Waals surface area contributed by atoms with Gasteiger partial charge in [-0.25, -0.2) is 4.79 Å². The molecule has 3 rings (SSSR count). The van der Waals surface area contributed by atoms with Gasteiger partial charge in [0, 0.05) is 12.1 Å². The molecule has 1 heterocycles. The number of benzene rings is 1. The van der Waals surface area contributed by atoms with E-state index >= 15 is 0 Å². The number of carbonyl (C=O) groups excluding carboxylic acids is 1. The Balaban J connectivity index is 1.86. The van der Waals surface area contributed by atoms with Gasteiger partial charge in [0.05, 0.1) is 5.69 Å². The van der Waals surface area contributed by atoms with Crippen LogP contribution < -0.4 is 10.6 Å². The molecule has 4 nitrogen and oxygen atoms in total. The average Bonchev–Trinajstić information content (AvgIpc) is 2.53. The van der Waals surface area contributed by atoms with Crippen LogP contribution in [-0.4, -0.2) is 18.2 Å². The SMILES string of the molecule is CC(C)(C)OC(=O)N1CCCc2cc(C3(N)CCCCC3)ccc21. The summed E-state index contributed by atoms with van der Waals surface area (Å²) >= 11 is 0. The number of amides is 1. The molecule has 1 aromatic rings. The lowest BCUT2D eigenvalue weighted by molar-refractivity contribution is 0.0578. The van der Waals surface area contributed by atoms with Crippen molar-refractivity contribution in [3.8, 4) is 0 Å². The summed E-state index contributed by atoms with van der Waals surface area (Å²) in [5, 5.41) is 0. The molecule has 4 heteroatoms. The van der Waals surface area contributed by atoms with Crippen LogP contribution in [0.15, 0.2) is 18.2 Å². The van der Waals surface area contributed by atoms with E-state index in [2.05, 4.69) is 18.2 Å². The molecule has 24 heavy (non-hydrogen) atoms. The fourth-order valence-corrected chi connectivity index (χ4v) is 3.88. The van der Waals surface area contributed by atoms with Crippen molar-refractivity contribution >= 4 is 11.8 Å². The second kappa shape index (κ2) is 6.40. The summed E-state index contributed by atoms with van der Waals surface area (Å²) in [7, 11) is 0. The third kappa shape index (κ3) is 3.59. The second-order valence-corrected chi connectivity index (χ2v) is 8.30. The molecule has 0 bridgehead atoms. The number of hydrogen-bond acceptors (Lipinski definition) is 3. The zero-order valence-electron chi connectivity index (χ0n) is 15.2. The first kappa shape index (κ1) is 17.3. The zero-order valence-corrected chi connectivity index (χ0v) is 15.2. The quantitative estimate of drug-likeness (QED) is 0.825. The number of hydrogen-bond donors (Lipinski definition) is 1. The van der Waals surface area contributed by atoms with Crippen LogP contribution in [0.25, 0.3) is 0 Å². The second-order valence-electron chi connectivity index (χ2n) is 8.30. The molecule has 0 radical (unpaired) electrons. The summed E-state index contributed by atoms with van der Waals surface area (Å²) in [6, 6.07) is 6.42. The molecule has 0 spiro atoms. The zero-order chi connectivity index (χ0) is 17.4. The summed E-state index contributed by atoms with van der Waals surface area (Å²) in [5.41, 5.74) is 9.45. The van der Waals surface area contributed by atoms with Gasteiger partial charge in [0.2, 0.25) is 0 Å². The molecule has 2 N–H and O–H groups in total. The first-order chi connectivity index (χ1) is 11.3. The molecule has 0 atom stereocenters. The summed E-state index contributed by atoms with van der Waals surface area (Å²) in [6.07, 6.45) is 7.52. The number of rotatable bonds is 1. The normalized spacial score (nSPS) is 20.4. The van der Waals surface area contributed by atoms with Crippen molar-refractivity contribution in [2.24, 2.45) is 5.73 Å². The van der Waals surface area contributed by atoms with E-state index in [1.54, 1.807) is 4.90 Å². The van der Waals surface area contributed by atoms with Crippen molar-refractivity contribution < 1.29 is 9.53 Å². The Morgan fingerprint density at radius 2 is 1.88 bits per heavy atom. The van der Waals surface area contributed by atoms with E-state index in [-0.39, 0.29) is 11.6 Å². The molecule has 0 unspecified atom stereocenters. The Kier molecular flexibility index (Phi) is 4.60. The lowest BCUT2D eigenvalue weighted by atomic mass is 9.76. The number of anilines is 1. The fraction of sp³-hybridized carbons (Fsp3) is 0.650. The van der Waals surface area contributed by atoms with Crippen LogP contribution in [-0.2, 0) is 16.7 Å². The number of nitrogens with zero attached hydrogens (tertiary/aromatic N) is 1. The van der Waals surface area contributed by atoms with Gasteiger partial charge in [-0.3, -0.25) is 4.90 Å². The van der Waals surface area contributed by atoms with Gasteiger partial charge in [0.25, 0.3) is 0 Å². The summed E-state index contributed by atoms with van der Waals surface area (Å²) < 4.78 is 5.56. The molecule has 1 saturated carbocycles. The van der Waals surface area contributed by atoms with Gasteiger partial charge in [-0.2, -0.15) is 0 Å². The Morgan fingerprint density at radius 1 is 1.17 bits per heavy atom. The molecule has 1 aliphatic heterocycles. The van der Waals surface area contributed by atoms with Crippen LogP contribution in [0.5, 0.6) is 0 Å². The van der Waals surface area contributed by atoms with Gasteiger partial charge in [0.15, 0.2) is 0 Å². The highest BCUT2D eigenvalue weighted by Crippen LogP contribution is 2.38. The van der Waals surface area contributed by atoms with Gasteiger partial charge >= 0.3 is 6.09 Å². The smallest absolute Gasteiger partial charge is 0.414 e. The largest absolute Gasteiger partial charge is 0.443 e. The van der Waals surface area contributed by atoms with Gasteiger partial charge < -0.3 is 10.5 Å². The Hall–Kier alpha value is -1.55. The Morgan fingerprint density at radius 3 is 2.54 bits per heavy atom. The van der Waals surface area contributed by atoms with E-state index < -0.39 is 5.60 Å². The third-order valence-corrected chi connectivity index (χ3v) is 5.13. The van der Waals surface area contributed by atoms with Gasteiger partial charge in [-0.05, 0) is 63.6 Å². The lowest BCUT2D eigenvalue weighted by Crippen LogP contribution is -2.41. The summed E-state index contributed by atoms with van der Waals surface area (Å²) in [5.74, 6) is 0. The summed E-state index contributed by atoms with van der Waals surface area (Å²) in [4.78, 5) is 14.3. The van der Waals surface area contributed by atoms with Gasteiger partial charge in [-0.1, -0.05) is 31.4 Å². The van der Waals surface area contributed by atoms with Crippen LogP contribution >= 0.6 is 0 Å². The van der Waals surface area contributed by atoms with Gasteiger partial charge in [-0.15, -0.1) is 0 Å². The van der Waals surface area contributed by atoms with E-state index in [1.165, 1.54) is 30.4 Å². The first-order valence-corrected chi connectivity index (χ1v) is 9.21. The number of nitrogens with two attached hydrogens (primary N) is 1. The van der Waals surface area contributed by atoms with Gasteiger partial charge in [0.1, 0.15) is 5.60 Å². The maximum atomic E-state index is 12.5. The number of carbonyl (C=O) groups is 1. The van der Waals surface area contributed by atoms with Crippen molar-refractivity contribution in [3.05, 3.63) is 29.3 Å². The third-order valence-electron chi connectivity index (χ3n) is 5.13. The fourth-order valence-electron chi connectivity index (χ4n) is 3.88. The monoisotopic (exact) mass is 330 g/mol. The molecule has 1 fully saturated rings. The highest BCUT2D eigenvalue weighted by Gasteiger charge is 2.32. The van der Waals surface area contributed by atoms with E-state index in [0.29, 0.717) is 0 Å². The molecular formula is C20H30N2O2. The molecule has 2 aliphatic rings. The molecule has 1 aliphatic carbocycles. The maximum absolute atomic E-state index is 12.5. The first-order valence-electron chi connectivity index (χ1n) is 9.21. The van der Waals surface area contributed by atoms with Crippen molar-refractivity contribution in [3.63, 3.8) is 0 Å². The standard InChI is InChI=1S/C20H30N2O2/c1-19(2,3)24-18(23)22-13-7-8-15-14-16(9-10-17(15)22)20(21)11-5-4-6-12-20/h9-10,14H,4-8,11-13,21H2,1-3H3. The predicted molar refractivity (Wildman–Crippen MR) is 97.3 cm³/mol. The van der Waals surface area contributed by atoms with Crippen LogP contribution in [0.4, 0.5) is 10.5 Å². The number of aryl methyl sites for hydroxylation is 1. The van der Waals surface area contributed by atoms with E-state index in [0.717, 1.165) is 37.9 Å². The predicted octanol–water partition coefficient (Wildman–Crippen LogP) is 4.49. The van der Waals surface area contributed by atoms with Crippen molar-refractivity contribution in [2.45, 2.75) is 76.9 Å². The van der Waals surface area contributed by atoms with Crippen LogP contribution in [0.3, 0.4) is 0 Å². The minimum absolute atomic E-state index is 0.193. The lowest BCUT2D eigenvalue weighted by Gasteiger charge is -2.36. The maximum Gasteiger partial charge on any atom is 0.414 e. The van der Waals surface area contributed by atoms with E-state index in [1.807, 2.05) is 20.8 Å². The Bertz CT molecular complexity index is 613. The molecule has 0 saturated heterocycles. The van der Waals surface area contributed by atoms with Crippen LogP contribution in [0.1, 0.15) is 70.4 Å². The van der Waals surface area contributed by atoms with E-state index in [9.17, 15) is 4.79 Å². The molecule has 132 valence electrons. The molecule has 1 aromatic carbocycles. The minimum Gasteiger partial charge on any atom is -0.443 e. The Labute approximate surface area is 145 Å². The van der Waals surface area contributed by atoms with Crippen molar-refractivity contribution in [2.75, 3.05) is 11.4 Å². The van der Waals surface area contributed by atoms with Crippen LogP contribution in [0, 0.1) is 0 Å². The minimum atomic E-state index is -0.474. The highest BCUT2D eigenvalue weighted by molar-refractivity contribution is 5.89. The summed E-state index contributed by atoms with van der Waals surface area (Å²) in [6.45, 7) is 6.43. The number of ether oxygens (including phenoxy) is 1. The van der Waals surface area contributed by atoms with Crippen molar-refractivity contribution in [1.82, 2.24) is 0 Å². The number of fused-ring (bicyclic) bond motifs is 1. The van der Waals surface area contributed by atoms with E-state index in [4.69, 9.17) is 10.5 Å². The highest BCUT2D eigenvalue weighted by atomic mass is 16.6. The molecule has 1 amide bonds. The topological polar surface area (TPSA) is 55.6 Å². The molecule has 0 aromatic heterocycles. The van der Waals surface area contributed by atoms with Crippen molar-refractivity contribution in [1.29, 1.82) is 0 Å². The average molecular weight is 330 g/mol.